The van der Waals surface area contributed by atoms with Crippen molar-refractivity contribution in [1.82, 2.24) is 10.2 Å². The molecule has 1 rings (SSSR count). The fourth-order valence-corrected chi connectivity index (χ4v) is 1.33. The first-order valence-corrected chi connectivity index (χ1v) is 5.85. The lowest BCUT2D eigenvalue weighted by Gasteiger charge is -2.00. The summed E-state index contributed by atoms with van der Waals surface area (Å²) in [5, 5.41) is 10.2. The van der Waals surface area contributed by atoms with E-state index in [1.54, 1.807) is 18.4 Å². The molecule has 0 unspecified atom stereocenters. The zero-order valence-electron chi connectivity index (χ0n) is 10.8. The van der Waals surface area contributed by atoms with E-state index in [1.807, 2.05) is 24.3 Å². The van der Waals surface area contributed by atoms with E-state index in [4.69, 9.17) is 0 Å². The van der Waals surface area contributed by atoms with Gasteiger partial charge in [-0.15, -0.1) is 0 Å². The molecule has 19 heavy (non-hydrogen) atoms. The highest BCUT2D eigenvalue weighted by Crippen LogP contribution is 2.09. The van der Waals surface area contributed by atoms with Crippen LogP contribution < -0.4 is 5.32 Å². The minimum Gasteiger partial charge on any atom is -0.339 e. The SMILES string of the molecule is C=C/C=C(\C=C)Nc1cc(C/C=C\C=NC=C)[nH]n1. The molecule has 2 N–H and O–H groups in total. The molecule has 0 saturated carbocycles. The van der Waals surface area contributed by atoms with Crippen molar-refractivity contribution in [3.05, 3.63) is 73.8 Å². The summed E-state index contributed by atoms with van der Waals surface area (Å²) in [5.41, 5.74) is 1.86. The van der Waals surface area contributed by atoms with Gasteiger partial charge in [0.2, 0.25) is 0 Å². The number of hydrogen-bond acceptors (Lipinski definition) is 3. The summed E-state index contributed by atoms with van der Waals surface area (Å²) in [6.45, 7) is 10.8. The topological polar surface area (TPSA) is 53.1 Å². The van der Waals surface area contributed by atoms with Gasteiger partial charge in [-0.25, -0.2) is 0 Å². The molecular weight excluding hydrogens is 236 g/mol. The first kappa shape index (κ1) is 14.4. The van der Waals surface area contributed by atoms with Crippen molar-refractivity contribution in [2.24, 2.45) is 4.99 Å². The van der Waals surface area contributed by atoms with E-state index in [9.17, 15) is 0 Å². The largest absolute Gasteiger partial charge is 0.339 e. The van der Waals surface area contributed by atoms with Gasteiger partial charge in [0.05, 0.1) is 0 Å². The van der Waals surface area contributed by atoms with Gasteiger partial charge in [-0.05, 0) is 18.2 Å². The highest BCUT2D eigenvalue weighted by atomic mass is 15.2. The van der Waals surface area contributed by atoms with Crippen LogP contribution in [0, 0.1) is 0 Å². The molecule has 98 valence electrons. The molecule has 1 heterocycles. The molecule has 1 aromatic heterocycles. The third kappa shape index (κ3) is 5.50. The molecule has 0 amide bonds. The van der Waals surface area contributed by atoms with Crippen LogP contribution in [0.5, 0.6) is 0 Å². The summed E-state index contributed by atoms with van der Waals surface area (Å²) in [5.74, 6) is 0.746. The number of nitrogens with one attached hydrogen (secondary N) is 2. The molecule has 0 aliphatic rings. The van der Waals surface area contributed by atoms with Crippen molar-refractivity contribution < 1.29 is 0 Å². The molecule has 0 radical (unpaired) electrons. The van der Waals surface area contributed by atoms with Gasteiger partial charge in [0.1, 0.15) is 0 Å². The average Bonchev–Trinajstić information content (AvgIpc) is 2.85. The van der Waals surface area contributed by atoms with Gasteiger partial charge in [-0.2, -0.15) is 5.10 Å². The minimum absolute atomic E-state index is 0.746. The van der Waals surface area contributed by atoms with Gasteiger partial charge in [-0.3, -0.25) is 10.1 Å². The molecular formula is C15H18N4. The van der Waals surface area contributed by atoms with Crippen LogP contribution in [0.2, 0.25) is 0 Å². The van der Waals surface area contributed by atoms with Crippen molar-refractivity contribution in [1.29, 1.82) is 0 Å². The lowest BCUT2D eigenvalue weighted by atomic mass is 10.3. The monoisotopic (exact) mass is 254 g/mol. The van der Waals surface area contributed by atoms with Crippen molar-refractivity contribution in [2.75, 3.05) is 5.32 Å². The Bertz CT molecular complexity index is 518. The number of rotatable bonds is 8. The van der Waals surface area contributed by atoms with Crippen LogP contribution >= 0.6 is 0 Å². The highest BCUT2D eigenvalue weighted by Gasteiger charge is 1.99. The second kappa shape index (κ2) is 8.47. The van der Waals surface area contributed by atoms with Crippen LogP contribution in [0.1, 0.15) is 5.69 Å². The lowest BCUT2D eigenvalue weighted by molar-refractivity contribution is 1.01. The summed E-state index contributed by atoms with van der Waals surface area (Å²) in [6.07, 6.45) is 13.0. The number of allylic oxidation sites excluding steroid dienone is 5. The number of aliphatic imine (C=N–C) groups is 1. The van der Waals surface area contributed by atoms with Crippen LogP contribution in [0.3, 0.4) is 0 Å². The quantitative estimate of drug-likeness (QED) is 0.552. The molecule has 0 aliphatic heterocycles. The van der Waals surface area contributed by atoms with Gasteiger partial charge in [0.15, 0.2) is 5.82 Å². The number of nitrogens with zero attached hydrogens (tertiary/aromatic N) is 2. The number of hydrogen-bond donors (Lipinski definition) is 2. The first-order chi connectivity index (χ1) is 9.30. The Morgan fingerprint density at radius 1 is 1.42 bits per heavy atom. The smallest absolute Gasteiger partial charge is 0.152 e. The van der Waals surface area contributed by atoms with E-state index in [0.717, 1.165) is 23.6 Å². The second-order valence-corrected chi connectivity index (χ2v) is 3.58. The van der Waals surface area contributed by atoms with Crippen LogP contribution in [-0.2, 0) is 6.42 Å². The predicted molar refractivity (Wildman–Crippen MR) is 82.2 cm³/mol. The van der Waals surface area contributed by atoms with Gasteiger partial charge >= 0.3 is 0 Å². The number of aromatic amines is 1. The summed E-state index contributed by atoms with van der Waals surface area (Å²) < 4.78 is 0. The summed E-state index contributed by atoms with van der Waals surface area (Å²) >= 11 is 0. The Labute approximate surface area is 113 Å². The van der Waals surface area contributed by atoms with Crippen LogP contribution in [-0.4, -0.2) is 16.4 Å². The van der Waals surface area contributed by atoms with Crippen molar-refractivity contribution >= 4 is 12.0 Å². The summed E-state index contributed by atoms with van der Waals surface area (Å²) in [4.78, 5) is 3.87. The number of aromatic nitrogens is 2. The normalized spacial score (nSPS) is 11.9. The molecule has 1 aromatic rings. The first-order valence-electron chi connectivity index (χ1n) is 5.85. The Kier molecular flexibility index (Phi) is 6.44. The molecule has 4 nitrogen and oxygen atoms in total. The van der Waals surface area contributed by atoms with E-state index < -0.39 is 0 Å². The minimum atomic E-state index is 0.746. The molecule has 4 heteroatoms. The Morgan fingerprint density at radius 3 is 2.95 bits per heavy atom. The van der Waals surface area contributed by atoms with Gasteiger partial charge in [-0.1, -0.05) is 31.9 Å². The molecule has 0 aliphatic carbocycles. The third-order valence-corrected chi connectivity index (χ3v) is 2.17. The zero-order valence-corrected chi connectivity index (χ0v) is 10.8. The standard InChI is InChI=1S/C15H18N4/c1-4-9-13(5-2)17-15-12-14(18-19-15)10-7-8-11-16-6-3/h4-9,11-12H,1-3,10H2,(H2,17,18,19)/b8-7-,13-9+,16-11?. The van der Waals surface area contributed by atoms with E-state index in [2.05, 4.69) is 40.2 Å². The van der Waals surface area contributed by atoms with Crippen molar-refractivity contribution in [3.63, 3.8) is 0 Å². The van der Waals surface area contributed by atoms with Crippen LogP contribution in [0.25, 0.3) is 0 Å². The molecule has 0 atom stereocenters. The van der Waals surface area contributed by atoms with E-state index in [1.165, 1.54) is 6.20 Å². The lowest BCUT2D eigenvalue weighted by Crippen LogP contribution is -1.95. The van der Waals surface area contributed by atoms with Crippen molar-refractivity contribution in [3.8, 4) is 0 Å². The molecule has 0 fully saturated rings. The fourth-order valence-electron chi connectivity index (χ4n) is 1.33. The van der Waals surface area contributed by atoms with E-state index in [-0.39, 0.29) is 0 Å². The van der Waals surface area contributed by atoms with E-state index in [0.29, 0.717) is 0 Å². The Morgan fingerprint density at radius 2 is 2.26 bits per heavy atom. The summed E-state index contributed by atoms with van der Waals surface area (Å²) in [7, 11) is 0. The van der Waals surface area contributed by atoms with E-state index >= 15 is 0 Å². The van der Waals surface area contributed by atoms with Gasteiger partial charge in [0, 0.05) is 36.3 Å². The van der Waals surface area contributed by atoms with Gasteiger partial charge < -0.3 is 5.32 Å². The third-order valence-electron chi connectivity index (χ3n) is 2.17. The molecule has 0 bridgehead atoms. The fraction of sp³-hybridized carbons (Fsp3) is 0.0667. The molecule has 0 saturated heterocycles. The number of H-pyrrole nitrogens is 1. The Balaban J connectivity index is 2.57. The molecule has 0 spiro atoms. The second-order valence-electron chi connectivity index (χ2n) is 3.58. The number of anilines is 1. The molecule has 0 aromatic carbocycles. The predicted octanol–water partition coefficient (Wildman–Crippen LogP) is 3.39. The van der Waals surface area contributed by atoms with Gasteiger partial charge in [0.25, 0.3) is 0 Å². The highest BCUT2D eigenvalue weighted by molar-refractivity contribution is 5.71. The maximum absolute atomic E-state index is 4.16. The maximum atomic E-state index is 4.16. The van der Waals surface area contributed by atoms with Crippen molar-refractivity contribution in [2.45, 2.75) is 6.42 Å². The summed E-state index contributed by atoms with van der Waals surface area (Å²) in [6, 6.07) is 1.94. The van der Waals surface area contributed by atoms with Crippen LogP contribution in [0.15, 0.2) is 73.1 Å². The average molecular weight is 254 g/mol. The zero-order chi connectivity index (χ0) is 13.9. The Hall–Kier alpha value is -2.62. The maximum Gasteiger partial charge on any atom is 0.152 e. The van der Waals surface area contributed by atoms with Crippen LogP contribution in [0.4, 0.5) is 5.82 Å².